The standard InChI is InChI=1S/C27H32O16/c28-7-17-19(33)21(35)23(37)26(42-17)39-8-18-20(34)22(36)24(38)27(43-18)41-16-6-11-13(31)4-10(29)5-15(11)40-25(16)9-1-2-12(30)14(32)3-9/h1-6,17-38H,7-8H2/t17-,18-,19-,20-,21+,22+,23-,24-,25?,26-,27-/m1/s1. The molecule has 43 heavy (non-hydrogen) atoms. The van der Waals surface area contributed by atoms with Gasteiger partial charge in [-0.15, -0.1) is 0 Å². The number of hydrogen-bond acceptors (Lipinski definition) is 16. The van der Waals surface area contributed by atoms with E-state index in [1.165, 1.54) is 30.3 Å². The Bertz CT molecular complexity index is 1330. The first-order chi connectivity index (χ1) is 20.4. The highest BCUT2D eigenvalue weighted by Gasteiger charge is 2.48. The van der Waals surface area contributed by atoms with Gasteiger partial charge in [0, 0.05) is 17.7 Å². The summed E-state index contributed by atoms with van der Waals surface area (Å²) < 4.78 is 28.2. The van der Waals surface area contributed by atoms with Crippen LogP contribution in [0, 0.1) is 0 Å². The van der Waals surface area contributed by atoms with Crippen LogP contribution in [-0.4, -0.2) is 131 Å². The fourth-order valence-electron chi connectivity index (χ4n) is 4.96. The van der Waals surface area contributed by atoms with Crippen molar-refractivity contribution in [3.63, 3.8) is 0 Å². The van der Waals surface area contributed by atoms with Crippen molar-refractivity contribution in [1.82, 2.24) is 0 Å². The van der Waals surface area contributed by atoms with Crippen molar-refractivity contribution >= 4 is 6.08 Å². The second-order valence-corrected chi connectivity index (χ2v) is 10.3. The number of ether oxygens (including phenoxy) is 5. The van der Waals surface area contributed by atoms with Crippen LogP contribution in [0.15, 0.2) is 36.1 Å². The first-order valence-corrected chi connectivity index (χ1v) is 13.1. The molecule has 236 valence electrons. The molecule has 5 rings (SSSR count). The lowest BCUT2D eigenvalue weighted by atomic mass is 9.98. The van der Waals surface area contributed by atoms with E-state index in [0.29, 0.717) is 0 Å². The first-order valence-electron chi connectivity index (χ1n) is 13.1. The Balaban J connectivity index is 1.39. The zero-order chi connectivity index (χ0) is 31.2. The van der Waals surface area contributed by atoms with Crippen LogP contribution in [0.1, 0.15) is 17.2 Å². The quantitative estimate of drug-likeness (QED) is 0.146. The molecular weight excluding hydrogens is 580 g/mol. The summed E-state index contributed by atoms with van der Waals surface area (Å²) in [6.45, 7) is -1.30. The molecule has 2 aromatic rings. The van der Waals surface area contributed by atoms with Crippen LogP contribution < -0.4 is 4.74 Å². The zero-order valence-corrected chi connectivity index (χ0v) is 22.2. The van der Waals surface area contributed by atoms with Gasteiger partial charge in [-0.2, -0.15) is 0 Å². The van der Waals surface area contributed by atoms with E-state index in [1.54, 1.807) is 0 Å². The van der Waals surface area contributed by atoms with Gasteiger partial charge < -0.3 is 79.9 Å². The number of phenolic OH excluding ortho intramolecular Hbond substituents is 4. The molecule has 0 amide bonds. The third-order valence-electron chi connectivity index (χ3n) is 7.39. The summed E-state index contributed by atoms with van der Waals surface area (Å²) in [6.07, 6.45) is -16.4. The number of phenols is 4. The highest BCUT2D eigenvalue weighted by atomic mass is 16.7. The van der Waals surface area contributed by atoms with Gasteiger partial charge in [0.2, 0.25) is 6.29 Å². The summed E-state index contributed by atoms with van der Waals surface area (Å²) in [7, 11) is 0. The van der Waals surface area contributed by atoms with Gasteiger partial charge in [-0.25, -0.2) is 0 Å². The third-order valence-corrected chi connectivity index (χ3v) is 7.39. The fourth-order valence-corrected chi connectivity index (χ4v) is 4.96. The maximum absolute atomic E-state index is 10.7. The first kappa shape index (κ1) is 31.0. The summed E-state index contributed by atoms with van der Waals surface area (Å²) in [5, 5.41) is 111. The second kappa shape index (κ2) is 12.3. The molecule has 0 bridgehead atoms. The summed E-state index contributed by atoms with van der Waals surface area (Å²) >= 11 is 0. The molecule has 2 aromatic carbocycles. The molecule has 0 radical (unpaired) electrons. The molecular formula is C27H32O16. The van der Waals surface area contributed by atoms with Crippen LogP contribution in [0.5, 0.6) is 28.7 Å². The third kappa shape index (κ3) is 6.02. The summed E-state index contributed by atoms with van der Waals surface area (Å²) in [5.74, 6) is -1.73. The predicted molar refractivity (Wildman–Crippen MR) is 138 cm³/mol. The van der Waals surface area contributed by atoms with Crippen LogP contribution in [-0.2, 0) is 18.9 Å². The molecule has 3 heterocycles. The molecule has 0 saturated carbocycles. The molecule has 16 heteroatoms. The van der Waals surface area contributed by atoms with E-state index >= 15 is 0 Å². The average Bonchev–Trinajstić information content (AvgIpc) is 2.97. The predicted octanol–water partition coefficient (Wildman–Crippen LogP) is -2.38. The van der Waals surface area contributed by atoms with Gasteiger partial charge in [-0.3, -0.25) is 0 Å². The smallest absolute Gasteiger partial charge is 0.228 e. The summed E-state index contributed by atoms with van der Waals surface area (Å²) in [4.78, 5) is 0. The van der Waals surface area contributed by atoms with E-state index in [-0.39, 0.29) is 28.4 Å². The fraction of sp³-hybridized carbons (Fsp3) is 0.481. The highest BCUT2D eigenvalue weighted by Crippen LogP contribution is 2.45. The lowest BCUT2D eigenvalue weighted by molar-refractivity contribution is -0.328. The molecule has 3 aliphatic heterocycles. The Kier molecular flexibility index (Phi) is 8.87. The van der Waals surface area contributed by atoms with Crippen LogP contribution >= 0.6 is 0 Å². The Labute approximate surface area is 243 Å². The topological polar surface area (TPSA) is 269 Å². The van der Waals surface area contributed by atoms with Crippen LogP contribution in [0.3, 0.4) is 0 Å². The van der Waals surface area contributed by atoms with Crippen LogP contribution in [0.2, 0.25) is 0 Å². The van der Waals surface area contributed by atoms with E-state index < -0.39 is 98.0 Å². The van der Waals surface area contributed by atoms with Crippen molar-refractivity contribution in [2.75, 3.05) is 13.2 Å². The number of benzene rings is 2. The van der Waals surface area contributed by atoms with Gasteiger partial charge in [-0.1, -0.05) is 6.07 Å². The normalized spacial score (nSPS) is 35.9. The van der Waals surface area contributed by atoms with Gasteiger partial charge >= 0.3 is 0 Å². The number of fused-ring (bicyclic) bond motifs is 1. The van der Waals surface area contributed by atoms with Crippen LogP contribution in [0.4, 0.5) is 0 Å². The van der Waals surface area contributed by atoms with Gasteiger partial charge in [0.05, 0.1) is 18.8 Å². The average molecular weight is 613 g/mol. The van der Waals surface area contributed by atoms with E-state index in [9.17, 15) is 56.2 Å². The zero-order valence-electron chi connectivity index (χ0n) is 22.2. The van der Waals surface area contributed by atoms with E-state index in [4.69, 9.17) is 23.7 Å². The summed E-state index contributed by atoms with van der Waals surface area (Å²) in [6, 6.07) is 5.99. The largest absolute Gasteiger partial charge is 0.508 e. The molecule has 11 atom stereocenters. The van der Waals surface area contributed by atoms with E-state index in [2.05, 4.69) is 0 Å². The molecule has 2 fully saturated rings. The molecule has 0 spiro atoms. The summed E-state index contributed by atoms with van der Waals surface area (Å²) in [5.41, 5.74) is 0.295. The van der Waals surface area contributed by atoms with Crippen molar-refractivity contribution in [3.05, 3.63) is 47.2 Å². The highest BCUT2D eigenvalue weighted by molar-refractivity contribution is 5.69. The minimum absolute atomic E-state index is 0.0220. The molecule has 1 unspecified atom stereocenters. The Morgan fingerprint density at radius 1 is 0.674 bits per heavy atom. The van der Waals surface area contributed by atoms with Crippen LogP contribution in [0.25, 0.3) is 6.08 Å². The van der Waals surface area contributed by atoms with Crippen molar-refractivity contribution < 1.29 is 79.9 Å². The molecule has 16 nitrogen and oxygen atoms in total. The van der Waals surface area contributed by atoms with Crippen molar-refractivity contribution in [2.24, 2.45) is 0 Å². The number of aliphatic hydroxyl groups excluding tert-OH is 7. The van der Waals surface area contributed by atoms with Crippen molar-refractivity contribution in [1.29, 1.82) is 0 Å². The minimum Gasteiger partial charge on any atom is -0.508 e. The van der Waals surface area contributed by atoms with Gasteiger partial charge in [0.1, 0.15) is 71.8 Å². The number of hydrogen-bond donors (Lipinski definition) is 11. The van der Waals surface area contributed by atoms with Gasteiger partial charge in [0.15, 0.2) is 23.9 Å². The Hall–Kier alpha value is -3.42. The van der Waals surface area contributed by atoms with Gasteiger partial charge in [0.25, 0.3) is 0 Å². The molecule has 11 N–H and O–H groups in total. The number of aliphatic hydroxyl groups is 7. The maximum atomic E-state index is 10.7. The van der Waals surface area contributed by atoms with E-state index in [0.717, 1.165) is 6.07 Å². The van der Waals surface area contributed by atoms with Crippen molar-refractivity contribution in [3.8, 4) is 28.7 Å². The monoisotopic (exact) mass is 612 g/mol. The van der Waals surface area contributed by atoms with Gasteiger partial charge in [-0.05, 0) is 18.2 Å². The number of aromatic hydroxyl groups is 4. The van der Waals surface area contributed by atoms with E-state index in [1.807, 2.05) is 0 Å². The maximum Gasteiger partial charge on any atom is 0.228 e. The Morgan fingerprint density at radius 3 is 2.00 bits per heavy atom. The molecule has 3 aliphatic rings. The lowest BCUT2D eigenvalue weighted by Gasteiger charge is -2.43. The van der Waals surface area contributed by atoms with Crippen molar-refractivity contribution in [2.45, 2.75) is 67.5 Å². The number of rotatable bonds is 7. The Morgan fingerprint density at radius 2 is 1.33 bits per heavy atom. The molecule has 0 aliphatic carbocycles. The molecule has 2 saturated heterocycles. The SMILES string of the molecule is OC[C@H]1O[C@@H](OC[C@H]2O[C@@H](OC3=Cc4c(O)cc(O)cc4OC3c3ccc(O)c(O)c3)[C@H](O)[C@@H](O)[C@@H]2O)[C@H](O)[C@@H](O)[C@@H]1O. The second-order valence-electron chi connectivity index (χ2n) is 10.3. The molecule has 0 aromatic heterocycles. The minimum atomic E-state index is -1.85. The lowest BCUT2D eigenvalue weighted by Crippen LogP contribution is -2.61.